The Morgan fingerprint density at radius 2 is 1.82 bits per heavy atom. The van der Waals surface area contributed by atoms with Gasteiger partial charge in [-0.3, -0.25) is 0 Å². The molecule has 94 valence electrons. The van der Waals surface area contributed by atoms with Crippen molar-refractivity contribution in [3.05, 3.63) is 35.4 Å². The maximum atomic E-state index is 10.4. The first-order chi connectivity index (χ1) is 8.26. The summed E-state index contributed by atoms with van der Waals surface area (Å²) in [5.41, 5.74) is 2.58. The first kappa shape index (κ1) is 12.6. The minimum absolute atomic E-state index is 0.267. The van der Waals surface area contributed by atoms with Gasteiger partial charge in [0.25, 0.3) is 0 Å². The maximum absolute atomic E-state index is 10.4. The molecule has 1 aromatic carbocycles. The molecule has 0 spiro atoms. The van der Waals surface area contributed by atoms with Crippen molar-refractivity contribution < 1.29 is 5.11 Å². The molecule has 1 aliphatic carbocycles. The zero-order valence-electron chi connectivity index (χ0n) is 11.0. The summed E-state index contributed by atoms with van der Waals surface area (Å²) in [6, 6.07) is 8.46. The zero-order valence-corrected chi connectivity index (χ0v) is 11.0. The highest BCUT2D eigenvalue weighted by Gasteiger charge is 2.27. The highest BCUT2D eigenvalue weighted by atomic mass is 16.3. The Hall–Kier alpha value is -0.820. The van der Waals surface area contributed by atoms with Crippen LogP contribution >= 0.6 is 0 Å². The number of aliphatic hydroxyl groups is 1. The van der Waals surface area contributed by atoms with Crippen molar-refractivity contribution in [1.82, 2.24) is 0 Å². The van der Waals surface area contributed by atoms with Gasteiger partial charge in [0.15, 0.2) is 0 Å². The van der Waals surface area contributed by atoms with Gasteiger partial charge in [-0.1, -0.05) is 51.0 Å². The van der Waals surface area contributed by atoms with E-state index in [1.54, 1.807) is 0 Å². The van der Waals surface area contributed by atoms with E-state index in [2.05, 4.69) is 38.1 Å². The van der Waals surface area contributed by atoms with Crippen LogP contribution in [0.25, 0.3) is 0 Å². The Kier molecular flexibility index (Phi) is 4.22. The second kappa shape index (κ2) is 5.68. The molecule has 2 rings (SSSR count). The van der Waals surface area contributed by atoms with E-state index >= 15 is 0 Å². The summed E-state index contributed by atoms with van der Waals surface area (Å²) in [5, 5.41) is 10.4. The molecule has 17 heavy (non-hydrogen) atoms. The predicted octanol–water partition coefficient (Wildman–Crippen LogP) is 4.42. The number of benzene rings is 1. The van der Waals surface area contributed by atoms with Gasteiger partial charge in [0.05, 0.1) is 6.10 Å². The summed E-state index contributed by atoms with van der Waals surface area (Å²) < 4.78 is 0. The van der Waals surface area contributed by atoms with E-state index in [1.165, 1.54) is 36.8 Å². The Bertz CT molecular complexity index is 350. The van der Waals surface area contributed by atoms with Crippen LogP contribution in [0.1, 0.15) is 69.1 Å². The van der Waals surface area contributed by atoms with Crippen LogP contribution in [0.15, 0.2) is 24.3 Å². The van der Waals surface area contributed by atoms with E-state index in [1.807, 2.05) is 0 Å². The van der Waals surface area contributed by atoms with Crippen molar-refractivity contribution >= 4 is 0 Å². The quantitative estimate of drug-likeness (QED) is 0.769. The molecular formula is C16H24O. The Morgan fingerprint density at radius 1 is 1.18 bits per heavy atom. The van der Waals surface area contributed by atoms with Crippen LogP contribution in [0.5, 0.6) is 0 Å². The smallest absolute Gasteiger partial charge is 0.0795 e. The van der Waals surface area contributed by atoms with Crippen LogP contribution in [0, 0.1) is 5.92 Å². The molecule has 1 unspecified atom stereocenters. The van der Waals surface area contributed by atoms with Crippen molar-refractivity contribution in [2.75, 3.05) is 0 Å². The molecule has 1 N–H and O–H groups in total. The summed E-state index contributed by atoms with van der Waals surface area (Å²) in [5.74, 6) is 1.37. The Labute approximate surface area is 105 Å². The summed E-state index contributed by atoms with van der Waals surface area (Å²) in [7, 11) is 0. The molecule has 0 aromatic heterocycles. The number of aliphatic hydroxyl groups excluding tert-OH is 1. The second-order valence-electron chi connectivity index (χ2n) is 5.34. The van der Waals surface area contributed by atoms with Gasteiger partial charge in [0.2, 0.25) is 0 Å². The van der Waals surface area contributed by atoms with E-state index in [4.69, 9.17) is 0 Å². The van der Waals surface area contributed by atoms with Gasteiger partial charge in [-0.25, -0.2) is 0 Å². The molecule has 1 aromatic rings. The van der Waals surface area contributed by atoms with Crippen molar-refractivity contribution in [3.63, 3.8) is 0 Å². The minimum atomic E-state index is -0.267. The Morgan fingerprint density at radius 3 is 2.41 bits per heavy atom. The first-order valence-electron chi connectivity index (χ1n) is 7.03. The highest BCUT2D eigenvalue weighted by molar-refractivity contribution is 5.34. The SMILES string of the molecule is CCC(CC)CC(O)c1ccccc1C1CC1. The average Bonchev–Trinajstić information content (AvgIpc) is 3.20. The van der Waals surface area contributed by atoms with Gasteiger partial charge >= 0.3 is 0 Å². The van der Waals surface area contributed by atoms with Crippen molar-refractivity contribution in [3.8, 4) is 0 Å². The average molecular weight is 232 g/mol. The molecule has 0 radical (unpaired) electrons. The predicted molar refractivity (Wildman–Crippen MR) is 72.1 cm³/mol. The lowest BCUT2D eigenvalue weighted by Crippen LogP contribution is -2.08. The van der Waals surface area contributed by atoms with E-state index < -0.39 is 0 Å². The van der Waals surface area contributed by atoms with Gasteiger partial charge in [0.1, 0.15) is 0 Å². The van der Waals surface area contributed by atoms with E-state index in [-0.39, 0.29) is 6.10 Å². The third-order valence-corrected chi connectivity index (χ3v) is 4.08. The molecule has 0 aliphatic heterocycles. The summed E-state index contributed by atoms with van der Waals surface area (Å²) in [6.07, 6.45) is 5.58. The normalized spacial score (nSPS) is 17.4. The third-order valence-electron chi connectivity index (χ3n) is 4.08. The molecule has 0 heterocycles. The van der Waals surface area contributed by atoms with Crippen LogP contribution in [-0.4, -0.2) is 5.11 Å². The molecule has 0 saturated heterocycles. The minimum Gasteiger partial charge on any atom is -0.388 e. The maximum Gasteiger partial charge on any atom is 0.0795 e. The molecule has 1 heteroatoms. The number of hydrogen-bond acceptors (Lipinski definition) is 1. The zero-order chi connectivity index (χ0) is 12.3. The number of hydrogen-bond donors (Lipinski definition) is 1. The third kappa shape index (κ3) is 3.10. The molecule has 1 atom stereocenters. The lowest BCUT2D eigenvalue weighted by atomic mass is 9.90. The Balaban J connectivity index is 2.09. The summed E-state index contributed by atoms with van der Waals surface area (Å²) in [6.45, 7) is 4.43. The van der Waals surface area contributed by atoms with Crippen LogP contribution in [0.4, 0.5) is 0 Å². The van der Waals surface area contributed by atoms with Crippen LogP contribution in [0.2, 0.25) is 0 Å². The molecule has 1 fully saturated rings. The number of rotatable bonds is 6. The molecule has 1 nitrogen and oxygen atoms in total. The molecule has 1 aliphatic rings. The monoisotopic (exact) mass is 232 g/mol. The van der Waals surface area contributed by atoms with Gasteiger partial charge < -0.3 is 5.11 Å². The lowest BCUT2D eigenvalue weighted by Gasteiger charge is -2.20. The standard InChI is InChI=1S/C16H24O/c1-3-12(4-2)11-16(17)15-8-6-5-7-14(15)13-9-10-13/h5-8,12-13,16-17H,3-4,9-11H2,1-2H3. The summed E-state index contributed by atoms with van der Waals surface area (Å²) in [4.78, 5) is 0. The fourth-order valence-electron chi connectivity index (χ4n) is 2.65. The first-order valence-corrected chi connectivity index (χ1v) is 7.03. The van der Waals surface area contributed by atoms with Crippen molar-refractivity contribution in [1.29, 1.82) is 0 Å². The van der Waals surface area contributed by atoms with Gasteiger partial charge in [-0.05, 0) is 42.2 Å². The lowest BCUT2D eigenvalue weighted by molar-refractivity contribution is 0.140. The van der Waals surface area contributed by atoms with E-state index in [9.17, 15) is 5.11 Å². The molecule has 0 bridgehead atoms. The molecule has 1 saturated carbocycles. The van der Waals surface area contributed by atoms with Crippen LogP contribution < -0.4 is 0 Å². The fourth-order valence-corrected chi connectivity index (χ4v) is 2.65. The van der Waals surface area contributed by atoms with Crippen molar-refractivity contribution in [2.45, 2.75) is 58.0 Å². The van der Waals surface area contributed by atoms with Crippen LogP contribution in [0.3, 0.4) is 0 Å². The molecular weight excluding hydrogens is 208 g/mol. The van der Waals surface area contributed by atoms with Crippen molar-refractivity contribution in [2.24, 2.45) is 5.92 Å². The summed E-state index contributed by atoms with van der Waals surface area (Å²) >= 11 is 0. The topological polar surface area (TPSA) is 20.2 Å². The van der Waals surface area contributed by atoms with E-state index in [0.29, 0.717) is 5.92 Å². The van der Waals surface area contributed by atoms with Gasteiger partial charge in [-0.15, -0.1) is 0 Å². The second-order valence-corrected chi connectivity index (χ2v) is 5.34. The largest absolute Gasteiger partial charge is 0.388 e. The van der Waals surface area contributed by atoms with Gasteiger partial charge in [-0.2, -0.15) is 0 Å². The fraction of sp³-hybridized carbons (Fsp3) is 0.625. The highest BCUT2D eigenvalue weighted by Crippen LogP contribution is 2.43. The van der Waals surface area contributed by atoms with Crippen LogP contribution in [-0.2, 0) is 0 Å². The van der Waals surface area contributed by atoms with Gasteiger partial charge in [0, 0.05) is 0 Å². The van der Waals surface area contributed by atoms with E-state index in [0.717, 1.165) is 12.3 Å². The molecule has 0 amide bonds.